The van der Waals surface area contributed by atoms with Crippen LogP contribution in [0.2, 0.25) is 0 Å². The van der Waals surface area contributed by atoms with E-state index in [1.54, 1.807) is 6.92 Å². The van der Waals surface area contributed by atoms with Crippen molar-refractivity contribution in [2.24, 2.45) is 0 Å². The first kappa shape index (κ1) is 12.2. The second-order valence-corrected chi connectivity index (χ2v) is 4.68. The van der Waals surface area contributed by atoms with E-state index in [1.807, 2.05) is 37.3 Å². The summed E-state index contributed by atoms with van der Waals surface area (Å²) in [4.78, 5) is 11.7. The molecule has 0 aromatic heterocycles. The molecule has 0 heterocycles. The summed E-state index contributed by atoms with van der Waals surface area (Å²) in [7, 11) is 0. The number of alkyl halides is 1. The Morgan fingerprint density at radius 1 is 1.47 bits per heavy atom. The first-order chi connectivity index (χ1) is 7.06. The fraction of sp³-hybridized carbons (Fsp3) is 0.364. The molecule has 0 saturated heterocycles. The number of hydrogen-bond donors (Lipinski definition) is 1. The lowest BCUT2D eigenvalue weighted by atomic mass is 10.3. The van der Waals surface area contributed by atoms with Crippen LogP contribution in [-0.4, -0.2) is 17.0 Å². The van der Waals surface area contributed by atoms with Crippen molar-refractivity contribution < 1.29 is 9.53 Å². The van der Waals surface area contributed by atoms with Crippen LogP contribution in [0.4, 0.5) is 5.69 Å². The third kappa shape index (κ3) is 3.64. The smallest absolute Gasteiger partial charge is 0.267 e. The molecule has 0 aliphatic rings. The average Bonchev–Trinajstić information content (AvgIpc) is 2.19. The summed E-state index contributed by atoms with van der Waals surface area (Å²) in [6.07, 6.45) is 0. The van der Waals surface area contributed by atoms with Crippen LogP contribution in [0.3, 0.4) is 0 Å². The first-order valence-corrected chi connectivity index (χ1v) is 5.55. The fourth-order valence-electron chi connectivity index (χ4n) is 1.10. The van der Waals surface area contributed by atoms with Gasteiger partial charge in [0.2, 0.25) is 0 Å². The average molecular weight is 272 g/mol. The fourth-order valence-corrected chi connectivity index (χ4v) is 1.43. The zero-order valence-electron chi connectivity index (χ0n) is 8.79. The van der Waals surface area contributed by atoms with Crippen molar-refractivity contribution in [3.63, 3.8) is 0 Å². The molecular formula is C11H14BrNO2. The van der Waals surface area contributed by atoms with Gasteiger partial charge in [-0.05, 0) is 41.9 Å². The molecule has 0 aliphatic carbocycles. The minimum absolute atomic E-state index is 0.212. The van der Waals surface area contributed by atoms with Gasteiger partial charge >= 0.3 is 0 Å². The summed E-state index contributed by atoms with van der Waals surface area (Å²) in [6.45, 7) is 3.99. The van der Waals surface area contributed by atoms with E-state index in [0.29, 0.717) is 6.61 Å². The molecule has 82 valence electrons. The molecule has 0 aliphatic heterocycles. The molecule has 1 N–H and O–H groups in total. The largest absolute Gasteiger partial charge is 0.355 e. The second-order valence-electron chi connectivity index (χ2n) is 3.17. The Balaban J connectivity index is 2.63. The lowest BCUT2D eigenvalue weighted by Gasteiger charge is -2.21. The van der Waals surface area contributed by atoms with Crippen molar-refractivity contribution in [2.75, 3.05) is 11.9 Å². The molecule has 4 heteroatoms. The maximum Gasteiger partial charge on any atom is 0.267 e. The predicted octanol–water partition coefficient (Wildman–Crippen LogP) is 2.77. The quantitative estimate of drug-likeness (QED) is 0.856. The topological polar surface area (TPSA) is 38.3 Å². The number of rotatable bonds is 4. The van der Waals surface area contributed by atoms with Gasteiger partial charge in [0.25, 0.3) is 5.91 Å². The van der Waals surface area contributed by atoms with E-state index in [9.17, 15) is 4.79 Å². The molecule has 1 aromatic carbocycles. The highest BCUT2D eigenvalue weighted by atomic mass is 79.9. The van der Waals surface area contributed by atoms with Gasteiger partial charge in [0.15, 0.2) is 4.51 Å². The Morgan fingerprint density at radius 3 is 2.60 bits per heavy atom. The molecule has 1 rings (SSSR count). The van der Waals surface area contributed by atoms with Crippen molar-refractivity contribution >= 4 is 27.5 Å². The molecule has 1 unspecified atom stereocenters. The van der Waals surface area contributed by atoms with Crippen molar-refractivity contribution in [3.8, 4) is 0 Å². The summed E-state index contributed by atoms with van der Waals surface area (Å²) in [5.74, 6) is -0.212. The van der Waals surface area contributed by atoms with Crippen molar-refractivity contribution in [2.45, 2.75) is 18.4 Å². The normalized spacial score (nSPS) is 14.3. The zero-order valence-corrected chi connectivity index (χ0v) is 10.4. The van der Waals surface area contributed by atoms with Crippen LogP contribution in [0.25, 0.3) is 0 Å². The van der Waals surface area contributed by atoms with Crippen LogP contribution in [0.1, 0.15) is 13.8 Å². The summed E-state index contributed by atoms with van der Waals surface area (Å²) in [6, 6.07) is 9.27. The van der Waals surface area contributed by atoms with Crippen molar-refractivity contribution in [1.29, 1.82) is 0 Å². The molecule has 1 atom stereocenters. The third-order valence-electron chi connectivity index (χ3n) is 1.85. The van der Waals surface area contributed by atoms with Crippen molar-refractivity contribution in [3.05, 3.63) is 30.3 Å². The molecule has 0 bridgehead atoms. The second kappa shape index (κ2) is 5.28. The van der Waals surface area contributed by atoms with E-state index >= 15 is 0 Å². The lowest BCUT2D eigenvalue weighted by Crippen LogP contribution is -2.36. The van der Waals surface area contributed by atoms with Crippen LogP contribution in [-0.2, 0) is 9.53 Å². The highest BCUT2D eigenvalue weighted by Crippen LogP contribution is 2.21. The van der Waals surface area contributed by atoms with Gasteiger partial charge in [0, 0.05) is 12.3 Å². The van der Waals surface area contributed by atoms with E-state index in [0.717, 1.165) is 5.69 Å². The van der Waals surface area contributed by atoms with Gasteiger partial charge in [0.05, 0.1) is 0 Å². The zero-order chi connectivity index (χ0) is 11.3. The predicted molar refractivity (Wildman–Crippen MR) is 64.0 cm³/mol. The van der Waals surface area contributed by atoms with Crippen LogP contribution in [0, 0.1) is 0 Å². The first-order valence-electron chi connectivity index (χ1n) is 4.75. The number of amides is 1. The number of para-hydroxylation sites is 1. The minimum Gasteiger partial charge on any atom is -0.355 e. The number of ether oxygens (including phenoxy) is 1. The molecular weight excluding hydrogens is 258 g/mol. The molecule has 3 nitrogen and oxygen atoms in total. The molecule has 0 fully saturated rings. The summed E-state index contributed by atoms with van der Waals surface area (Å²) < 4.78 is 4.29. The number of anilines is 1. The Morgan fingerprint density at radius 2 is 2.07 bits per heavy atom. The van der Waals surface area contributed by atoms with Crippen LogP contribution in [0.15, 0.2) is 30.3 Å². The standard InChI is InChI=1S/C11H14BrNO2/c1-3-15-11(2,12)10(14)13-9-7-5-4-6-8-9/h4-8H,3H2,1-2H3,(H,13,14). The summed E-state index contributed by atoms with van der Waals surface area (Å²) in [5.41, 5.74) is 0.757. The number of nitrogens with one attached hydrogen (secondary N) is 1. The van der Waals surface area contributed by atoms with Gasteiger partial charge < -0.3 is 10.1 Å². The van der Waals surface area contributed by atoms with Crippen LogP contribution < -0.4 is 5.32 Å². The third-order valence-corrected chi connectivity index (χ3v) is 2.44. The van der Waals surface area contributed by atoms with Crippen LogP contribution >= 0.6 is 15.9 Å². The van der Waals surface area contributed by atoms with E-state index in [2.05, 4.69) is 21.2 Å². The molecule has 0 saturated carbocycles. The van der Waals surface area contributed by atoms with Gasteiger partial charge in [-0.1, -0.05) is 18.2 Å². The molecule has 0 radical (unpaired) electrons. The van der Waals surface area contributed by atoms with Gasteiger partial charge in [0.1, 0.15) is 0 Å². The number of halogens is 1. The molecule has 1 aromatic rings. The number of hydrogen-bond acceptors (Lipinski definition) is 2. The number of carbonyl (C=O) groups excluding carboxylic acids is 1. The Labute approximate surface area is 97.9 Å². The highest BCUT2D eigenvalue weighted by molar-refractivity contribution is 9.10. The highest BCUT2D eigenvalue weighted by Gasteiger charge is 2.30. The molecule has 15 heavy (non-hydrogen) atoms. The van der Waals surface area contributed by atoms with E-state index < -0.39 is 4.51 Å². The Bertz CT molecular complexity index is 325. The maximum absolute atomic E-state index is 11.7. The Hall–Kier alpha value is -0.870. The summed E-state index contributed by atoms with van der Waals surface area (Å²) >= 11 is 3.23. The number of benzene rings is 1. The van der Waals surface area contributed by atoms with Gasteiger partial charge in [-0.2, -0.15) is 0 Å². The minimum atomic E-state index is -0.975. The Kier molecular flexibility index (Phi) is 4.29. The molecule has 1 amide bonds. The van der Waals surface area contributed by atoms with Gasteiger partial charge in [-0.3, -0.25) is 4.79 Å². The van der Waals surface area contributed by atoms with E-state index in [-0.39, 0.29) is 5.91 Å². The van der Waals surface area contributed by atoms with Gasteiger partial charge in [-0.15, -0.1) is 0 Å². The monoisotopic (exact) mass is 271 g/mol. The van der Waals surface area contributed by atoms with Crippen molar-refractivity contribution in [1.82, 2.24) is 0 Å². The lowest BCUT2D eigenvalue weighted by molar-refractivity contribution is -0.128. The summed E-state index contributed by atoms with van der Waals surface area (Å²) in [5, 5.41) is 2.76. The maximum atomic E-state index is 11.7. The SMILES string of the molecule is CCOC(C)(Br)C(=O)Nc1ccccc1. The number of carbonyl (C=O) groups is 1. The van der Waals surface area contributed by atoms with E-state index in [4.69, 9.17) is 4.74 Å². The van der Waals surface area contributed by atoms with Crippen LogP contribution in [0.5, 0.6) is 0 Å². The van der Waals surface area contributed by atoms with E-state index in [1.165, 1.54) is 0 Å². The molecule has 0 spiro atoms. The van der Waals surface area contributed by atoms with Gasteiger partial charge in [-0.25, -0.2) is 0 Å².